The SMILES string of the molecule is CC(C)(C)OC(=O)NCCCC(O)COCC(=O)O. The van der Waals surface area contributed by atoms with E-state index in [0.29, 0.717) is 19.4 Å². The smallest absolute Gasteiger partial charge is 0.407 e. The first-order chi connectivity index (χ1) is 8.70. The fraction of sp³-hybridized carbons (Fsp3) is 0.833. The van der Waals surface area contributed by atoms with Crippen molar-refractivity contribution in [3.8, 4) is 0 Å². The number of carboxylic acids is 1. The Kier molecular flexibility index (Phi) is 8.09. The lowest BCUT2D eigenvalue weighted by molar-refractivity contribution is -0.143. The van der Waals surface area contributed by atoms with E-state index >= 15 is 0 Å². The lowest BCUT2D eigenvalue weighted by atomic mass is 10.2. The minimum atomic E-state index is -1.07. The zero-order chi connectivity index (χ0) is 14.9. The lowest BCUT2D eigenvalue weighted by Crippen LogP contribution is -2.33. The molecule has 0 spiro atoms. The van der Waals surface area contributed by atoms with E-state index in [-0.39, 0.29) is 6.61 Å². The third kappa shape index (κ3) is 12.9. The van der Waals surface area contributed by atoms with Gasteiger partial charge in [0.2, 0.25) is 0 Å². The summed E-state index contributed by atoms with van der Waals surface area (Å²) in [6.07, 6.45) is -0.268. The number of amides is 1. The maximum Gasteiger partial charge on any atom is 0.407 e. The lowest BCUT2D eigenvalue weighted by Gasteiger charge is -2.19. The van der Waals surface area contributed by atoms with Gasteiger partial charge in [-0.05, 0) is 33.6 Å². The van der Waals surface area contributed by atoms with Crippen LogP contribution in [-0.2, 0) is 14.3 Å². The molecule has 3 N–H and O–H groups in total. The van der Waals surface area contributed by atoms with Crippen LogP contribution < -0.4 is 5.32 Å². The number of hydrogen-bond donors (Lipinski definition) is 3. The first kappa shape index (κ1) is 17.7. The largest absolute Gasteiger partial charge is 0.480 e. The number of carboxylic acid groups (broad SMARTS) is 1. The van der Waals surface area contributed by atoms with E-state index in [9.17, 15) is 14.7 Å². The van der Waals surface area contributed by atoms with Crippen LogP contribution in [0.4, 0.5) is 4.79 Å². The van der Waals surface area contributed by atoms with Crippen molar-refractivity contribution in [3.05, 3.63) is 0 Å². The van der Waals surface area contributed by atoms with Crippen molar-refractivity contribution in [2.75, 3.05) is 19.8 Å². The molecule has 0 radical (unpaired) electrons. The predicted octanol–water partition coefficient (Wildman–Crippen LogP) is 0.753. The Bertz CT molecular complexity index is 286. The minimum Gasteiger partial charge on any atom is -0.480 e. The molecular weight excluding hydrogens is 254 g/mol. The van der Waals surface area contributed by atoms with Gasteiger partial charge in [-0.3, -0.25) is 0 Å². The van der Waals surface area contributed by atoms with E-state index in [0.717, 1.165) is 0 Å². The van der Waals surface area contributed by atoms with Gasteiger partial charge >= 0.3 is 12.1 Å². The van der Waals surface area contributed by atoms with Gasteiger partial charge in [0, 0.05) is 6.54 Å². The summed E-state index contributed by atoms with van der Waals surface area (Å²) in [6, 6.07) is 0. The summed E-state index contributed by atoms with van der Waals surface area (Å²) in [4.78, 5) is 21.4. The molecule has 0 bridgehead atoms. The zero-order valence-electron chi connectivity index (χ0n) is 11.6. The average Bonchev–Trinajstić information content (AvgIpc) is 2.21. The number of carbonyl (C=O) groups excluding carboxylic acids is 1. The predicted molar refractivity (Wildman–Crippen MR) is 67.9 cm³/mol. The molecule has 0 saturated carbocycles. The summed E-state index contributed by atoms with van der Waals surface area (Å²) in [5.74, 6) is -1.07. The van der Waals surface area contributed by atoms with Crippen molar-refractivity contribution in [1.29, 1.82) is 0 Å². The van der Waals surface area contributed by atoms with E-state index in [4.69, 9.17) is 14.6 Å². The summed E-state index contributed by atoms with van der Waals surface area (Å²) in [5.41, 5.74) is -0.533. The highest BCUT2D eigenvalue weighted by Crippen LogP contribution is 2.06. The molecule has 0 rings (SSSR count). The molecule has 0 aromatic carbocycles. The Balaban J connectivity index is 3.53. The first-order valence-corrected chi connectivity index (χ1v) is 6.15. The van der Waals surface area contributed by atoms with Crippen LogP contribution in [0.3, 0.4) is 0 Å². The normalized spacial score (nSPS) is 12.8. The fourth-order valence-corrected chi connectivity index (χ4v) is 1.21. The number of nitrogens with one attached hydrogen (secondary N) is 1. The number of rotatable bonds is 8. The van der Waals surface area contributed by atoms with Crippen LogP contribution in [0.25, 0.3) is 0 Å². The number of ether oxygens (including phenoxy) is 2. The van der Waals surface area contributed by atoms with Crippen molar-refractivity contribution >= 4 is 12.1 Å². The van der Waals surface area contributed by atoms with Crippen LogP contribution in [0.5, 0.6) is 0 Å². The summed E-state index contributed by atoms with van der Waals surface area (Å²) in [5, 5.41) is 20.3. The molecule has 7 heteroatoms. The molecule has 1 atom stereocenters. The minimum absolute atomic E-state index is 0.0290. The summed E-state index contributed by atoms with van der Waals surface area (Å²) in [7, 11) is 0. The number of aliphatic carboxylic acids is 1. The molecule has 1 amide bonds. The van der Waals surface area contributed by atoms with E-state index < -0.39 is 30.4 Å². The maximum atomic E-state index is 11.3. The molecule has 1 unspecified atom stereocenters. The number of alkyl carbamates (subject to hydrolysis) is 1. The van der Waals surface area contributed by atoms with Crippen molar-refractivity contribution < 1.29 is 29.3 Å². The number of hydrogen-bond acceptors (Lipinski definition) is 5. The molecule has 0 fully saturated rings. The molecule has 0 aromatic heterocycles. The third-order valence-electron chi connectivity index (χ3n) is 1.92. The summed E-state index contributed by atoms with van der Waals surface area (Å²) >= 11 is 0. The second-order valence-electron chi connectivity index (χ2n) is 5.13. The van der Waals surface area contributed by atoms with Gasteiger partial charge in [-0.2, -0.15) is 0 Å². The van der Waals surface area contributed by atoms with Gasteiger partial charge in [0.25, 0.3) is 0 Å². The molecule has 19 heavy (non-hydrogen) atoms. The molecule has 0 aliphatic heterocycles. The second-order valence-corrected chi connectivity index (χ2v) is 5.13. The summed E-state index contributed by atoms with van der Waals surface area (Å²) < 4.78 is 9.77. The number of aliphatic hydroxyl groups excluding tert-OH is 1. The van der Waals surface area contributed by atoms with E-state index in [1.807, 2.05) is 0 Å². The molecule has 112 valence electrons. The standard InChI is InChI=1S/C12H23NO6/c1-12(2,3)19-11(17)13-6-4-5-9(14)7-18-8-10(15)16/h9,14H,4-8H2,1-3H3,(H,13,17)(H,15,16). The number of aliphatic hydroxyl groups is 1. The van der Waals surface area contributed by atoms with E-state index in [1.54, 1.807) is 20.8 Å². The van der Waals surface area contributed by atoms with Crippen LogP contribution in [0, 0.1) is 0 Å². The summed E-state index contributed by atoms with van der Waals surface area (Å²) in [6.45, 7) is 5.25. The monoisotopic (exact) mass is 277 g/mol. The van der Waals surface area contributed by atoms with Crippen LogP contribution in [-0.4, -0.2) is 53.7 Å². The Morgan fingerprint density at radius 1 is 1.32 bits per heavy atom. The second kappa shape index (κ2) is 8.71. The van der Waals surface area contributed by atoms with Gasteiger partial charge in [-0.15, -0.1) is 0 Å². The van der Waals surface area contributed by atoms with Gasteiger partial charge in [-0.1, -0.05) is 0 Å². The molecule has 0 heterocycles. The third-order valence-corrected chi connectivity index (χ3v) is 1.92. The Morgan fingerprint density at radius 3 is 2.47 bits per heavy atom. The Labute approximate surface area is 112 Å². The van der Waals surface area contributed by atoms with Crippen molar-refractivity contribution in [3.63, 3.8) is 0 Å². The molecule has 0 saturated heterocycles. The van der Waals surface area contributed by atoms with E-state index in [1.165, 1.54) is 0 Å². The highest BCUT2D eigenvalue weighted by atomic mass is 16.6. The van der Waals surface area contributed by atoms with Gasteiger partial charge in [0.15, 0.2) is 0 Å². The van der Waals surface area contributed by atoms with Crippen LogP contribution in [0.1, 0.15) is 33.6 Å². The molecule has 7 nitrogen and oxygen atoms in total. The molecular formula is C12H23NO6. The highest BCUT2D eigenvalue weighted by molar-refractivity contribution is 5.68. The fourth-order valence-electron chi connectivity index (χ4n) is 1.21. The average molecular weight is 277 g/mol. The van der Waals surface area contributed by atoms with Crippen molar-refractivity contribution in [2.24, 2.45) is 0 Å². The van der Waals surface area contributed by atoms with Gasteiger partial charge in [0.05, 0.1) is 12.7 Å². The van der Waals surface area contributed by atoms with Gasteiger partial charge in [-0.25, -0.2) is 9.59 Å². The van der Waals surface area contributed by atoms with E-state index in [2.05, 4.69) is 5.32 Å². The van der Waals surface area contributed by atoms with Crippen LogP contribution in [0.2, 0.25) is 0 Å². The molecule has 0 aliphatic carbocycles. The highest BCUT2D eigenvalue weighted by Gasteiger charge is 2.15. The molecule has 0 aromatic rings. The first-order valence-electron chi connectivity index (χ1n) is 6.15. The van der Waals surface area contributed by atoms with Crippen molar-refractivity contribution in [2.45, 2.75) is 45.3 Å². The quantitative estimate of drug-likeness (QED) is 0.565. The molecule has 0 aliphatic rings. The van der Waals surface area contributed by atoms with Crippen molar-refractivity contribution in [1.82, 2.24) is 5.32 Å². The zero-order valence-corrected chi connectivity index (χ0v) is 11.6. The van der Waals surface area contributed by atoms with Crippen LogP contribution >= 0.6 is 0 Å². The van der Waals surface area contributed by atoms with Gasteiger partial charge < -0.3 is 25.0 Å². The van der Waals surface area contributed by atoms with Crippen LogP contribution in [0.15, 0.2) is 0 Å². The Hall–Kier alpha value is -1.34. The van der Waals surface area contributed by atoms with Gasteiger partial charge in [0.1, 0.15) is 12.2 Å². The maximum absolute atomic E-state index is 11.3. The number of carbonyl (C=O) groups is 2. The Morgan fingerprint density at radius 2 is 1.95 bits per heavy atom. The topological polar surface area (TPSA) is 105 Å².